The Kier molecular flexibility index (Phi) is 5.94. The second kappa shape index (κ2) is 6.67. The monoisotopic (exact) mass is 251 g/mol. The van der Waals surface area contributed by atoms with Gasteiger partial charge in [0.15, 0.2) is 6.20 Å². The summed E-state index contributed by atoms with van der Waals surface area (Å²) >= 11 is 0. The quantitative estimate of drug-likeness (QED) is 0.377. The molecule has 0 fully saturated rings. The zero-order chi connectivity index (χ0) is 13.5. The summed E-state index contributed by atoms with van der Waals surface area (Å²) in [5.74, 6) is -0.932. The van der Waals surface area contributed by atoms with Crippen LogP contribution in [-0.4, -0.2) is 18.3 Å². The molecule has 0 amide bonds. The average Bonchev–Trinajstić information content (AvgIpc) is 2.13. The molecule has 94 valence electrons. The van der Waals surface area contributed by atoms with E-state index in [2.05, 4.69) is 0 Å². The molecule has 0 saturated carbocycles. The molecule has 1 aromatic rings. The van der Waals surface area contributed by atoms with Crippen LogP contribution in [0.15, 0.2) is 30.5 Å². The summed E-state index contributed by atoms with van der Waals surface area (Å²) in [7, 11) is -4.14. The topological polar surface area (TPSA) is 41.2 Å². The molecule has 0 aromatic carbocycles. The van der Waals surface area contributed by atoms with Gasteiger partial charge in [-0.2, -0.15) is 0 Å². The van der Waals surface area contributed by atoms with Crippen LogP contribution in [0.1, 0.15) is 5.69 Å². The number of hydrogen-bond acceptors (Lipinski definition) is 1. The Labute approximate surface area is 95.1 Å². The largest absolute Gasteiger partial charge is 0.673 e. The van der Waals surface area contributed by atoms with Gasteiger partial charge in [0.05, 0.1) is 0 Å². The molecule has 0 radical (unpaired) electrons. The van der Waals surface area contributed by atoms with Gasteiger partial charge in [0, 0.05) is 24.3 Å². The summed E-state index contributed by atoms with van der Waals surface area (Å²) < 4.78 is 40.8. The fraction of sp³-hybridized carbons (Fsp3) is 0.111. The Morgan fingerprint density at radius 3 is 2.29 bits per heavy atom. The van der Waals surface area contributed by atoms with Crippen molar-refractivity contribution in [1.29, 1.82) is 0 Å². The van der Waals surface area contributed by atoms with Gasteiger partial charge >= 0.3 is 13.2 Å². The lowest BCUT2D eigenvalue weighted by Gasteiger charge is -1.94. The van der Waals surface area contributed by atoms with Crippen molar-refractivity contribution in [3.8, 4) is 0 Å². The van der Waals surface area contributed by atoms with Crippen LogP contribution in [0.2, 0.25) is 0 Å². The highest BCUT2D eigenvalue weighted by Crippen LogP contribution is 2.06. The first-order chi connectivity index (χ1) is 7.70. The van der Waals surface area contributed by atoms with E-state index in [4.69, 9.17) is 5.11 Å². The van der Waals surface area contributed by atoms with E-state index in [1.165, 1.54) is 0 Å². The van der Waals surface area contributed by atoms with Gasteiger partial charge in [-0.05, 0) is 6.07 Å². The predicted octanol–water partition coefficient (Wildman–Crippen LogP) is 1.91. The van der Waals surface area contributed by atoms with Crippen LogP contribution in [0, 0.1) is 0 Å². The molecule has 0 atom stereocenters. The van der Waals surface area contributed by atoms with Crippen molar-refractivity contribution in [2.45, 2.75) is 0 Å². The third kappa shape index (κ3) is 10.4. The minimum Gasteiger partial charge on any atom is -0.478 e. The van der Waals surface area contributed by atoms with Gasteiger partial charge in [-0.25, -0.2) is 9.36 Å². The highest BCUT2D eigenvalue weighted by molar-refractivity contribution is 6.50. The number of pyridine rings is 1. The highest BCUT2D eigenvalue weighted by Gasteiger charge is 2.20. The van der Waals surface area contributed by atoms with E-state index in [9.17, 15) is 22.1 Å². The van der Waals surface area contributed by atoms with Crippen LogP contribution in [0.25, 0.3) is 6.08 Å². The number of aliphatic carboxylic acids is 1. The zero-order valence-corrected chi connectivity index (χ0v) is 8.86. The Bertz CT molecular complexity index is 400. The van der Waals surface area contributed by atoms with E-state index < -0.39 is 13.2 Å². The predicted molar refractivity (Wildman–Crippen MR) is 54.5 cm³/mol. The van der Waals surface area contributed by atoms with Crippen molar-refractivity contribution >= 4 is 19.3 Å². The third-order valence-corrected chi connectivity index (χ3v) is 1.49. The van der Waals surface area contributed by atoms with Gasteiger partial charge in [0.2, 0.25) is 5.69 Å². The summed E-state index contributed by atoms with van der Waals surface area (Å²) in [6, 6.07) is 5.60. The fourth-order valence-corrected chi connectivity index (χ4v) is 0.866. The molecule has 17 heavy (non-hydrogen) atoms. The molecule has 0 aliphatic heterocycles. The molecule has 1 heterocycles. The van der Waals surface area contributed by atoms with E-state index in [0.29, 0.717) is 0 Å². The summed E-state index contributed by atoms with van der Waals surface area (Å²) in [4.78, 5) is 10.2. The van der Waals surface area contributed by atoms with Crippen LogP contribution in [0.5, 0.6) is 0 Å². The van der Waals surface area contributed by atoms with Gasteiger partial charge in [0.1, 0.15) is 7.05 Å². The summed E-state index contributed by atoms with van der Waals surface area (Å²) in [5, 5.41) is 8.37. The summed E-state index contributed by atoms with van der Waals surface area (Å²) in [5.41, 5.74) is 0.861. The number of hydrogen-bond donors (Lipinski definition) is 1. The second-order valence-corrected chi connectivity index (χ2v) is 2.90. The standard InChI is InChI=1S/C9H9NO2.BF4/c1-10-7-3-2-4-8(10)5-6-9(11)12;2-1(3,4)5/h2-7H,1H3;/q;-1/p+1/b6-5+;. The molecule has 3 nitrogen and oxygen atoms in total. The lowest BCUT2D eigenvalue weighted by atomic mass is 10.3. The first-order valence-corrected chi connectivity index (χ1v) is 4.43. The van der Waals surface area contributed by atoms with Crippen molar-refractivity contribution < 1.29 is 31.7 Å². The first-order valence-electron chi connectivity index (χ1n) is 4.43. The van der Waals surface area contributed by atoms with Gasteiger partial charge in [-0.1, -0.05) is 0 Å². The molecule has 8 heteroatoms. The molecule has 0 aliphatic rings. The minimum absolute atomic E-state index is 0.861. The van der Waals surface area contributed by atoms with Gasteiger partial charge in [-0.3, -0.25) is 0 Å². The normalized spacial score (nSPS) is 10.9. The van der Waals surface area contributed by atoms with E-state index in [-0.39, 0.29) is 0 Å². The molecular formula is C9H10BF4NO2. The van der Waals surface area contributed by atoms with Crippen molar-refractivity contribution in [2.24, 2.45) is 7.05 Å². The molecule has 0 aliphatic carbocycles. The SMILES string of the molecule is C[n+]1ccccc1/C=C/C(=O)O.F[B-](F)(F)F. The van der Waals surface area contributed by atoms with E-state index in [1.54, 1.807) is 6.08 Å². The highest BCUT2D eigenvalue weighted by atomic mass is 19.5. The number of halogens is 4. The Morgan fingerprint density at radius 1 is 1.35 bits per heavy atom. The Morgan fingerprint density at radius 2 is 1.88 bits per heavy atom. The molecule has 0 spiro atoms. The fourth-order valence-electron chi connectivity index (χ4n) is 0.866. The second-order valence-electron chi connectivity index (χ2n) is 2.90. The van der Waals surface area contributed by atoms with Crippen LogP contribution in [-0.2, 0) is 11.8 Å². The van der Waals surface area contributed by atoms with Crippen molar-refractivity contribution in [1.82, 2.24) is 0 Å². The van der Waals surface area contributed by atoms with E-state index in [1.807, 2.05) is 36.0 Å². The number of carboxylic acid groups (broad SMARTS) is 1. The molecule has 1 aromatic heterocycles. The Balaban J connectivity index is 0.000000437. The first kappa shape index (κ1) is 15.1. The minimum atomic E-state index is -6.00. The van der Waals surface area contributed by atoms with Gasteiger partial charge in [0.25, 0.3) is 0 Å². The number of carbonyl (C=O) groups is 1. The van der Waals surface area contributed by atoms with Gasteiger partial charge < -0.3 is 22.4 Å². The average molecular weight is 251 g/mol. The number of aryl methyl sites for hydroxylation is 1. The number of aromatic nitrogens is 1. The number of nitrogens with zero attached hydrogens (tertiary/aromatic N) is 1. The number of carboxylic acids is 1. The van der Waals surface area contributed by atoms with E-state index in [0.717, 1.165) is 11.8 Å². The third-order valence-electron chi connectivity index (χ3n) is 1.49. The van der Waals surface area contributed by atoms with Crippen molar-refractivity contribution in [3.05, 3.63) is 36.2 Å². The maximum atomic E-state index is 10.2. The summed E-state index contributed by atoms with van der Waals surface area (Å²) in [6.45, 7) is 0. The van der Waals surface area contributed by atoms with Crippen molar-refractivity contribution in [2.75, 3.05) is 0 Å². The molecular weight excluding hydrogens is 241 g/mol. The maximum absolute atomic E-state index is 10.2. The van der Waals surface area contributed by atoms with Crippen LogP contribution in [0.3, 0.4) is 0 Å². The smallest absolute Gasteiger partial charge is 0.478 e. The zero-order valence-electron chi connectivity index (χ0n) is 8.86. The van der Waals surface area contributed by atoms with Crippen LogP contribution in [0.4, 0.5) is 17.3 Å². The maximum Gasteiger partial charge on any atom is 0.673 e. The van der Waals surface area contributed by atoms with Crippen molar-refractivity contribution in [3.63, 3.8) is 0 Å². The van der Waals surface area contributed by atoms with Crippen LogP contribution >= 0.6 is 0 Å². The van der Waals surface area contributed by atoms with Gasteiger partial charge in [-0.15, -0.1) is 0 Å². The lowest BCUT2D eigenvalue weighted by molar-refractivity contribution is -0.673. The molecule has 1 N–H and O–H groups in total. The summed E-state index contributed by atoms with van der Waals surface area (Å²) in [6.07, 6.45) is 4.54. The lowest BCUT2D eigenvalue weighted by Crippen LogP contribution is -2.30. The van der Waals surface area contributed by atoms with E-state index >= 15 is 0 Å². The molecule has 0 saturated heterocycles. The number of rotatable bonds is 2. The Hall–Kier alpha value is -1.86. The van der Waals surface area contributed by atoms with Crippen LogP contribution < -0.4 is 4.57 Å². The molecule has 0 unspecified atom stereocenters. The molecule has 1 rings (SSSR count). The molecule has 0 bridgehead atoms.